The van der Waals surface area contributed by atoms with E-state index >= 15 is 0 Å². The number of benzene rings is 1. The summed E-state index contributed by atoms with van der Waals surface area (Å²) in [6.45, 7) is 0. The molecule has 1 aliphatic rings. The van der Waals surface area contributed by atoms with Crippen molar-refractivity contribution in [1.82, 2.24) is 4.57 Å². The van der Waals surface area contributed by atoms with Crippen LogP contribution in [0.2, 0.25) is 0 Å². The molecular formula is C16H19NO3. The van der Waals surface area contributed by atoms with Gasteiger partial charge < -0.3 is 14.4 Å². The van der Waals surface area contributed by atoms with E-state index in [9.17, 15) is 9.90 Å². The first-order chi connectivity index (χ1) is 9.58. The van der Waals surface area contributed by atoms with Gasteiger partial charge in [0.05, 0.1) is 12.5 Å². The molecule has 0 spiro atoms. The Bertz CT molecular complexity index is 666. The number of fused-ring (bicyclic) bond motifs is 1. The van der Waals surface area contributed by atoms with Crippen molar-refractivity contribution >= 4 is 16.9 Å². The van der Waals surface area contributed by atoms with E-state index in [2.05, 4.69) is 0 Å². The largest absolute Gasteiger partial charge is 0.496 e. The summed E-state index contributed by atoms with van der Waals surface area (Å²) in [6.07, 6.45) is 5.28. The second-order valence-electron chi connectivity index (χ2n) is 5.63. The van der Waals surface area contributed by atoms with Gasteiger partial charge in [0.15, 0.2) is 0 Å². The fourth-order valence-electron chi connectivity index (χ4n) is 3.42. The number of carboxylic acid groups (broad SMARTS) is 1. The number of carbonyl (C=O) groups is 1. The van der Waals surface area contributed by atoms with Gasteiger partial charge in [0.25, 0.3) is 0 Å². The summed E-state index contributed by atoms with van der Waals surface area (Å²) >= 11 is 0. The van der Waals surface area contributed by atoms with E-state index in [1.54, 1.807) is 7.11 Å². The molecule has 20 heavy (non-hydrogen) atoms. The van der Waals surface area contributed by atoms with Crippen LogP contribution in [0.3, 0.4) is 0 Å². The van der Waals surface area contributed by atoms with Crippen molar-refractivity contribution in [2.75, 3.05) is 7.11 Å². The lowest BCUT2D eigenvalue weighted by Gasteiger charge is -2.26. The average Bonchev–Trinajstić information content (AvgIpc) is 3.06. The van der Waals surface area contributed by atoms with Crippen LogP contribution in [0, 0.1) is 0 Å². The Morgan fingerprint density at radius 2 is 2.05 bits per heavy atom. The van der Waals surface area contributed by atoms with Crippen LogP contribution < -0.4 is 4.74 Å². The normalized spacial score (nSPS) is 17.5. The second kappa shape index (κ2) is 4.54. The highest BCUT2D eigenvalue weighted by Crippen LogP contribution is 2.46. The molecule has 0 saturated heterocycles. The fourth-order valence-corrected chi connectivity index (χ4v) is 3.42. The van der Waals surface area contributed by atoms with Crippen LogP contribution in [0.4, 0.5) is 0 Å². The molecule has 1 heterocycles. The van der Waals surface area contributed by atoms with E-state index < -0.39 is 11.4 Å². The minimum absolute atomic E-state index is 0.688. The Morgan fingerprint density at radius 3 is 2.65 bits per heavy atom. The molecule has 4 heteroatoms. The van der Waals surface area contributed by atoms with Gasteiger partial charge in [-0.1, -0.05) is 12.8 Å². The highest BCUT2D eigenvalue weighted by Gasteiger charge is 2.45. The van der Waals surface area contributed by atoms with Gasteiger partial charge in [0.1, 0.15) is 5.75 Å². The number of hydrogen-bond acceptors (Lipinski definition) is 2. The second-order valence-corrected chi connectivity index (χ2v) is 5.63. The molecule has 1 fully saturated rings. The molecule has 106 valence electrons. The maximum absolute atomic E-state index is 11.9. The van der Waals surface area contributed by atoms with E-state index in [-0.39, 0.29) is 0 Å². The van der Waals surface area contributed by atoms with Crippen molar-refractivity contribution in [2.45, 2.75) is 31.1 Å². The number of aliphatic carboxylic acids is 1. The van der Waals surface area contributed by atoms with Gasteiger partial charge in [0.2, 0.25) is 0 Å². The molecule has 0 bridgehead atoms. The van der Waals surface area contributed by atoms with Crippen molar-refractivity contribution in [2.24, 2.45) is 7.05 Å². The molecule has 0 radical (unpaired) electrons. The molecule has 3 rings (SSSR count). The summed E-state index contributed by atoms with van der Waals surface area (Å²) in [6, 6.07) is 5.96. The SMILES string of the molecule is COc1cc2ccn(C)c2cc1C1(C(=O)O)CCCC1. The molecule has 1 aromatic carbocycles. The van der Waals surface area contributed by atoms with E-state index in [1.807, 2.05) is 36.0 Å². The minimum Gasteiger partial charge on any atom is -0.496 e. The summed E-state index contributed by atoms with van der Waals surface area (Å²) in [4.78, 5) is 11.9. The van der Waals surface area contributed by atoms with Gasteiger partial charge in [-0.3, -0.25) is 4.79 Å². The first-order valence-electron chi connectivity index (χ1n) is 6.95. The van der Waals surface area contributed by atoms with Gasteiger partial charge in [-0.15, -0.1) is 0 Å². The maximum Gasteiger partial charge on any atom is 0.314 e. The zero-order valence-electron chi connectivity index (χ0n) is 11.8. The Labute approximate surface area is 118 Å². The molecule has 0 amide bonds. The molecule has 4 nitrogen and oxygen atoms in total. The van der Waals surface area contributed by atoms with Crippen molar-refractivity contribution in [3.8, 4) is 5.75 Å². The predicted octanol–water partition coefficient (Wildman–Crippen LogP) is 3.08. The zero-order chi connectivity index (χ0) is 14.3. The van der Waals surface area contributed by atoms with Crippen LogP contribution in [-0.2, 0) is 17.3 Å². The number of methoxy groups -OCH3 is 1. The average molecular weight is 273 g/mol. The summed E-state index contributed by atoms with van der Waals surface area (Å²) in [5.41, 5.74) is 1.08. The first kappa shape index (κ1) is 13.0. The van der Waals surface area contributed by atoms with E-state index in [4.69, 9.17) is 4.74 Å². The lowest BCUT2D eigenvalue weighted by Crippen LogP contribution is -2.33. The summed E-state index contributed by atoms with van der Waals surface area (Å²) in [5, 5.41) is 10.8. The van der Waals surface area contributed by atoms with E-state index in [0.29, 0.717) is 18.6 Å². The monoisotopic (exact) mass is 273 g/mol. The third-order valence-electron chi connectivity index (χ3n) is 4.59. The topological polar surface area (TPSA) is 51.5 Å². The Kier molecular flexibility index (Phi) is 2.96. The van der Waals surface area contributed by atoms with Crippen molar-refractivity contribution in [3.63, 3.8) is 0 Å². The molecule has 1 N–H and O–H groups in total. The van der Waals surface area contributed by atoms with E-state index in [1.165, 1.54) is 0 Å². The summed E-state index contributed by atoms with van der Waals surface area (Å²) in [7, 11) is 3.58. The first-order valence-corrected chi connectivity index (χ1v) is 6.95. The van der Waals surface area contributed by atoms with Crippen molar-refractivity contribution in [1.29, 1.82) is 0 Å². The molecule has 0 atom stereocenters. The number of rotatable bonds is 3. The Balaban J connectivity index is 2.27. The summed E-state index contributed by atoms with van der Waals surface area (Å²) in [5.74, 6) is -0.0464. The maximum atomic E-state index is 11.9. The third kappa shape index (κ3) is 1.71. The van der Waals surface area contributed by atoms with Crippen LogP contribution in [0.5, 0.6) is 5.75 Å². The molecular weight excluding hydrogens is 254 g/mol. The number of aryl methyl sites for hydroxylation is 1. The molecule has 1 saturated carbocycles. The van der Waals surface area contributed by atoms with Crippen LogP contribution in [-0.4, -0.2) is 22.8 Å². The third-order valence-corrected chi connectivity index (χ3v) is 4.59. The van der Waals surface area contributed by atoms with Crippen molar-refractivity contribution in [3.05, 3.63) is 30.0 Å². The number of aromatic nitrogens is 1. The van der Waals surface area contributed by atoms with Gasteiger partial charge in [-0.05, 0) is 31.0 Å². The number of nitrogens with zero attached hydrogens (tertiary/aromatic N) is 1. The quantitative estimate of drug-likeness (QED) is 0.935. The van der Waals surface area contributed by atoms with Crippen molar-refractivity contribution < 1.29 is 14.6 Å². The Morgan fingerprint density at radius 1 is 1.35 bits per heavy atom. The molecule has 1 aromatic heterocycles. The highest BCUT2D eigenvalue weighted by atomic mass is 16.5. The predicted molar refractivity (Wildman–Crippen MR) is 77.3 cm³/mol. The highest BCUT2D eigenvalue weighted by molar-refractivity contribution is 5.88. The molecule has 0 unspecified atom stereocenters. The van der Waals surface area contributed by atoms with Crippen LogP contribution >= 0.6 is 0 Å². The number of hydrogen-bond donors (Lipinski definition) is 1. The lowest BCUT2D eigenvalue weighted by molar-refractivity contribution is -0.143. The van der Waals surface area contributed by atoms with Gasteiger partial charge >= 0.3 is 5.97 Å². The lowest BCUT2D eigenvalue weighted by atomic mass is 9.78. The standard InChI is InChI=1S/C16H19NO3/c1-17-8-5-11-9-14(20-2)12(10-13(11)17)16(15(18)19)6-3-4-7-16/h5,8-10H,3-4,6-7H2,1-2H3,(H,18,19). The van der Waals surface area contributed by atoms with Crippen LogP contribution in [0.1, 0.15) is 31.2 Å². The smallest absolute Gasteiger partial charge is 0.314 e. The zero-order valence-corrected chi connectivity index (χ0v) is 11.8. The minimum atomic E-state index is -0.788. The number of ether oxygens (including phenoxy) is 1. The summed E-state index contributed by atoms with van der Waals surface area (Å²) < 4.78 is 7.49. The molecule has 2 aromatic rings. The van der Waals surface area contributed by atoms with Gasteiger partial charge in [-0.25, -0.2) is 0 Å². The van der Waals surface area contributed by atoms with E-state index in [0.717, 1.165) is 29.3 Å². The molecule has 0 aliphatic heterocycles. The van der Waals surface area contributed by atoms with Crippen LogP contribution in [0.25, 0.3) is 10.9 Å². The van der Waals surface area contributed by atoms with Gasteiger partial charge in [0, 0.05) is 29.7 Å². The fraction of sp³-hybridized carbons (Fsp3) is 0.438. The molecule has 1 aliphatic carbocycles. The number of carboxylic acids is 1. The van der Waals surface area contributed by atoms with Gasteiger partial charge in [-0.2, -0.15) is 0 Å². The Hall–Kier alpha value is -1.97. The van der Waals surface area contributed by atoms with Crippen LogP contribution in [0.15, 0.2) is 24.4 Å².